The molecule has 1 aromatic carbocycles. The van der Waals surface area contributed by atoms with Crippen molar-refractivity contribution in [3.05, 3.63) is 63.3 Å². The van der Waals surface area contributed by atoms with Crippen LogP contribution in [0.3, 0.4) is 0 Å². The Labute approximate surface area is 177 Å². The second-order valence-electron chi connectivity index (χ2n) is 5.90. The quantitative estimate of drug-likeness (QED) is 0.470. The highest BCUT2D eigenvalue weighted by Gasteiger charge is 2.22. The summed E-state index contributed by atoms with van der Waals surface area (Å²) in [5.74, 6) is -0.0767. The Morgan fingerprint density at radius 2 is 2.14 bits per heavy atom. The fourth-order valence-corrected chi connectivity index (χ4v) is 3.43. The molecule has 8 nitrogen and oxygen atoms in total. The van der Waals surface area contributed by atoms with Gasteiger partial charge in [0.15, 0.2) is 0 Å². The van der Waals surface area contributed by atoms with Crippen LogP contribution in [0.2, 0.25) is 0 Å². The molecule has 0 aliphatic carbocycles. The van der Waals surface area contributed by atoms with Crippen LogP contribution in [-0.4, -0.2) is 16.3 Å². The fourth-order valence-electron chi connectivity index (χ4n) is 2.36. The number of nitrogens with two attached hydrogens (primary N) is 1. The van der Waals surface area contributed by atoms with Crippen LogP contribution in [0.15, 0.2) is 39.2 Å². The molecule has 3 rings (SSSR count). The maximum atomic E-state index is 13.9. The minimum atomic E-state index is -0.831. The number of primary amides is 1. The predicted molar refractivity (Wildman–Crippen MR) is 108 cm³/mol. The molecule has 0 radical (unpaired) electrons. The molecule has 152 valence electrons. The van der Waals surface area contributed by atoms with E-state index in [1.165, 1.54) is 6.07 Å². The number of hydrogen-bond donors (Lipinski definition) is 3. The van der Waals surface area contributed by atoms with Gasteiger partial charge in [0.25, 0.3) is 5.91 Å². The van der Waals surface area contributed by atoms with Gasteiger partial charge in [0.2, 0.25) is 5.88 Å². The van der Waals surface area contributed by atoms with Crippen LogP contribution < -0.4 is 21.1 Å². The molecule has 3 aromatic rings. The molecule has 3 amide bonds. The van der Waals surface area contributed by atoms with E-state index in [0.717, 1.165) is 17.3 Å². The fraction of sp³-hybridized carbons (Fsp3) is 0.167. The van der Waals surface area contributed by atoms with E-state index >= 15 is 0 Å². The molecule has 0 aliphatic heterocycles. The van der Waals surface area contributed by atoms with Gasteiger partial charge in [-0.2, -0.15) is 4.37 Å². The van der Waals surface area contributed by atoms with E-state index in [0.29, 0.717) is 10.2 Å². The Kier molecular flexibility index (Phi) is 6.49. The standard InChI is InChI=1S/C18H16BrFN4O4S/c1-9-2-5-12(28-9)7-22-18(26)23-17-14(15(21)25)16(24-29-17)27-8-10-3-4-11(19)6-13(10)20/h2-6H,7-8H2,1H3,(H2,21,25)(H2,22,23,26). The van der Waals surface area contributed by atoms with Crippen molar-refractivity contribution in [2.45, 2.75) is 20.1 Å². The minimum Gasteiger partial charge on any atom is -0.471 e. The van der Waals surface area contributed by atoms with Crippen LogP contribution in [0.4, 0.5) is 14.2 Å². The van der Waals surface area contributed by atoms with E-state index in [1.54, 1.807) is 31.2 Å². The first-order chi connectivity index (χ1) is 13.8. The molecule has 0 saturated heterocycles. The first-order valence-electron chi connectivity index (χ1n) is 8.30. The van der Waals surface area contributed by atoms with Gasteiger partial charge < -0.3 is 20.2 Å². The summed E-state index contributed by atoms with van der Waals surface area (Å²) < 4.78 is 29.3. The lowest BCUT2D eigenvalue weighted by Gasteiger charge is -2.08. The molecular weight excluding hydrogens is 467 g/mol. The van der Waals surface area contributed by atoms with E-state index in [2.05, 4.69) is 30.9 Å². The van der Waals surface area contributed by atoms with E-state index in [-0.39, 0.29) is 35.2 Å². The third kappa shape index (κ3) is 5.33. The van der Waals surface area contributed by atoms with Gasteiger partial charge in [0.1, 0.15) is 34.5 Å². The van der Waals surface area contributed by atoms with Gasteiger partial charge >= 0.3 is 6.03 Å². The van der Waals surface area contributed by atoms with Gasteiger partial charge in [-0.3, -0.25) is 10.1 Å². The van der Waals surface area contributed by atoms with Crippen LogP contribution >= 0.6 is 27.5 Å². The number of rotatable bonds is 7. The summed E-state index contributed by atoms with van der Waals surface area (Å²) in [6.45, 7) is 1.80. The zero-order valence-corrected chi connectivity index (χ0v) is 17.5. The lowest BCUT2D eigenvalue weighted by atomic mass is 10.2. The van der Waals surface area contributed by atoms with Crippen LogP contribution in [0.5, 0.6) is 5.88 Å². The van der Waals surface area contributed by atoms with Crippen molar-refractivity contribution in [1.29, 1.82) is 0 Å². The number of anilines is 1. The highest BCUT2D eigenvalue weighted by molar-refractivity contribution is 9.10. The number of ether oxygens (including phenoxy) is 1. The smallest absolute Gasteiger partial charge is 0.320 e. The monoisotopic (exact) mass is 482 g/mol. The number of aromatic nitrogens is 1. The van der Waals surface area contributed by atoms with Crippen molar-refractivity contribution in [1.82, 2.24) is 9.69 Å². The largest absolute Gasteiger partial charge is 0.471 e. The average Bonchev–Trinajstić information content (AvgIpc) is 3.25. The molecule has 11 heteroatoms. The Morgan fingerprint density at radius 3 is 2.79 bits per heavy atom. The number of hydrogen-bond acceptors (Lipinski definition) is 6. The first kappa shape index (κ1) is 20.8. The number of nitrogens with zero attached hydrogens (tertiary/aromatic N) is 1. The molecule has 0 bridgehead atoms. The predicted octanol–water partition coefficient (Wildman–Crippen LogP) is 3.95. The lowest BCUT2D eigenvalue weighted by molar-refractivity contribution is 0.0996. The molecule has 0 atom stereocenters. The summed E-state index contributed by atoms with van der Waals surface area (Å²) in [4.78, 5) is 23.9. The Bertz CT molecular complexity index is 1050. The number of carbonyl (C=O) groups is 2. The van der Waals surface area contributed by atoms with Crippen molar-refractivity contribution in [2.75, 3.05) is 5.32 Å². The Hall–Kier alpha value is -2.92. The first-order valence-corrected chi connectivity index (χ1v) is 9.86. The maximum absolute atomic E-state index is 13.9. The van der Waals surface area contributed by atoms with Crippen molar-refractivity contribution in [3.63, 3.8) is 0 Å². The summed E-state index contributed by atoms with van der Waals surface area (Å²) in [7, 11) is 0. The van der Waals surface area contributed by atoms with Gasteiger partial charge in [-0.05, 0) is 42.7 Å². The van der Waals surface area contributed by atoms with Crippen LogP contribution in [-0.2, 0) is 13.2 Å². The molecule has 0 fully saturated rings. The van der Waals surface area contributed by atoms with Crippen molar-refractivity contribution in [2.24, 2.45) is 5.73 Å². The zero-order valence-electron chi connectivity index (χ0n) is 15.1. The summed E-state index contributed by atoms with van der Waals surface area (Å²) in [5, 5.41) is 5.23. The van der Waals surface area contributed by atoms with E-state index in [1.807, 2.05) is 0 Å². The van der Waals surface area contributed by atoms with Crippen LogP contribution in [0.1, 0.15) is 27.4 Å². The minimum absolute atomic E-state index is 0.0817. The highest BCUT2D eigenvalue weighted by Crippen LogP contribution is 2.31. The number of nitrogens with one attached hydrogen (secondary N) is 2. The average molecular weight is 483 g/mol. The lowest BCUT2D eigenvalue weighted by Crippen LogP contribution is -2.28. The summed E-state index contributed by atoms with van der Waals surface area (Å²) in [5.41, 5.74) is 5.59. The number of amides is 3. The molecule has 2 heterocycles. The van der Waals surface area contributed by atoms with Crippen molar-refractivity contribution in [3.8, 4) is 5.88 Å². The van der Waals surface area contributed by atoms with Crippen molar-refractivity contribution >= 4 is 44.4 Å². The number of benzene rings is 1. The number of furan rings is 1. The number of halogens is 2. The highest BCUT2D eigenvalue weighted by atomic mass is 79.9. The molecule has 2 aromatic heterocycles. The molecule has 0 saturated carbocycles. The molecule has 4 N–H and O–H groups in total. The third-order valence-corrected chi connectivity index (χ3v) is 4.97. The van der Waals surface area contributed by atoms with E-state index in [9.17, 15) is 14.0 Å². The van der Waals surface area contributed by atoms with E-state index < -0.39 is 17.8 Å². The Morgan fingerprint density at radius 1 is 1.34 bits per heavy atom. The SMILES string of the molecule is Cc1ccc(CNC(=O)Nc2snc(OCc3ccc(Br)cc3F)c2C(N)=O)o1. The second kappa shape index (κ2) is 9.05. The molecular formula is C18H16BrFN4O4S. The number of carbonyl (C=O) groups excluding carboxylic acids is 2. The molecule has 29 heavy (non-hydrogen) atoms. The third-order valence-electron chi connectivity index (χ3n) is 3.73. The topological polar surface area (TPSA) is 119 Å². The second-order valence-corrected chi connectivity index (χ2v) is 7.59. The van der Waals surface area contributed by atoms with Gasteiger partial charge in [-0.1, -0.05) is 22.0 Å². The molecule has 0 spiro atoms. The van der Waals surface area contributed by atoms with Crippen LogP contribution in [0.25, 0.3) is 0 Å². The van der Waals surface area contributed by atoms with E-state index in [4.69, 9.17) is 14.9 Å². The molecule has 0 unspecified atom stereocenters. The molecule has 0 aliphatic rings. The summed E-state index contributed by atoms with van der Waals surface area (Å²) in [6, 6.07) is 7.45. The maximum Gasteiger partial charge on any atom is 0.320 e. The zero-order chi connectivity index (χ0) is 21.0. The van der Waals surface area contributed by atoms with Gasteiger partial charge in [0, 0.05) is 10.0 Å². The number of aryl methyl sites for hydroxylation is 1. The normalized spacial score (nSPS) is 10.6. The van der Waals surface area contributed by atoms with Crippen molar-refractivity contribution < 1.29 is 23.1 Å². The van der Waals surface area contributed by atoms with Gasteiger partial charge in [-0.25, -0.2) is 9.18 Å². The van der Waals surface area contributed by atoms with Gasteiger partial charge in [-0.15, -0.1) is 0 Å². The number of urea groups is 1. The van der Waals surface area contributed by atoms with Crippen LogP contribution in [0, 0.1) is 12.7 Å². The van der Waals surface area contributed by atoms with Gasteiger partial charge in [0.05, 0.1) is 6.54 Å². The summed E-state index contributed by atoms with van der Waals surface area (Å²) in [6.07, 6.45) is 0. The summed E-state index contributed by atoms with van der Waals surface area (Å²) >= 11 is 4.00. The Balaban J connectivity index is 1.66.